The van der Waals surface area contributed by atoms with E-state index in [1.807, 2.05) is 13.2 Å². The van der Waals surface area contributed by atoms with Crippen molar-refractivity contribution in [1.82, 2.24) is 20.2 Å². The van der Waals surface area contributed by atoms with E-state index in [1.54, 1.807) is 12.4 Å². The summed E-state index contributed by atoms with van der Waals surface area (Å²) in [5, 5.41) is 3.25. The van der Waals surface area contributed by atoms with Crippen molar-refractivity contribution in [3.05, 3.63) is 24.3 Å². The van der Waals surface area contributed by atoms with Crippen LogP contribution in [0, 0.1) is 0 Å². The van der Waals surface area contributed by atoms with Gasteiger partial charge >= 0.3 is 0 Å². The Balaban J connectivity index is 1.93. The molecule has 1 aromatic rings. The molecule has 1 unspecified atom stereocenters. The number of nitrogens with zero attached hydrogens (tertiary/aromatic N) is 3. The van der Waals surface area contributed by atoms with Gasteiger partial charge < -0.3 is 5.32 Å². The fourth-order valence-corrected chi connectivity index (χ4v) is 2.19. The molecule has 1 N–H and O–H groups in total. The van der Waals surface area contributed by atoms with Crippen molar-refractivity contribution < 1.29 is 0 Å². The van der Waals surface area contributed by atoms with E-state index in [0.717, 1.165) is 18.8 Å². The van der Waals surface area contributed by atoms with Gasteiger partial charge in [0, 0.05) is 37.7 Å². The van der Waals surface area contributed by atoms with Gasteiger partial charge in [-0.2, -0.15) is 0 Å². The molecule has 4 nitrogen and oxygen atoms in total. The van der Waals surface area contributed by atoms with Crippen LogP contribution in [0.15, 0.2) is 18.6 Å². The van der Waals surface area contributed by atoms with Crippen molar-refractivity contribution in [2.75, 3.05) is 20.1 Å². The van der Waals surface area contributed by atoms with Crippen LogP contribution in [-0.4, -0.2) is 41.0 Å². The lowest BCUT2D eigenvalue weighted by Crippen LogP contribution is -2.36. The van der Waals surface area contributed by atoms with Crippen LogP contribution in [0.5, 0.6) is 0 Å². The first-order valence-corrected chi connectivity index (χ1v) is 5.53. The van der Waals surface area contributed by atoms with Gasteiger partial charge in [-0.25, -0.2) is 0 Å². The molecule has 0 amide bonds. The molecule has 1 fully saturated rings. The second-order valence-electron chi connectivity index (χ2n) is 4.02. The van der Waals surface area contributed by atoms with Gasteiger partial charge in [0.15, 0.2) is 0 Å². The molecule has 0 spiro atoms. The van der Waals surface area contributed by atoms with Crippen molar-refractivity contribution in [1.29, 1.82) is 0 Å². The van der Waals surface area contributed by atoms with Gasteiger partial charge in [-0.1, -0.05) is 0 Å². The summed E-state index contributed by atoms with van der Waals surface area (Å²) in [5.41, 5.74) is 1.07. The molecule has 0 saturated carbocycles. The summed E-state index contributed by atoms with van der Waals surface area (Å²) in [6, 6.07) is 0.664. The van der Waals surface area contributed by atoms with E-state index < -0.39 is 0 Å². The average molecular weight is 206 g/mol. The number of likely N-dealkylation sites (N-methyl/N-ethyl adjacent to an activating group) is 1. The lowest BCUT2D eigenvalue weighted by Gasteiger charge is -2.23. The smallest absolute Gasteiger partial charge is 0.0726 e. The van der Waals surface area contributed by atoms with Gasteiger partial charge in [-0.3, -0.25) is 14.9 Å². The number of rotatable bonds is 4. The summed E-state index contributed by atoms with van der Waals surface area (Å²) < 4.78 is 0. The maximum Gasteiger partial charge on any atom is 0.0726 e. The normalized spacial score (nSPS) is 22.1. The van der Waals surface area contributed by atoms with Crippen molar-refractivity contribution in [3.8, 4) is 0 Å². The topological polar surface area (TPSA) is 41.0 Å². The quantitative estimate of drug-likeness (QED) is 0.786. The Morgan fingerprint density at radius 2 is 2.47 bits per heavy atom. The van der Waals surface area contributed by atoms with Crippen molar-refractivity contribution in [3.63, 3.8) is 0 Å². The SMILES string of the molecule is CNCC1CCCN1Cc1cnccn1. The Hall–Kier alpha value is -1.00. The largest absolute Gasteiger partial charge is 0.318 e. The zero-order valence-electron chi connectivity index (χ0n) is 9.19. The highest BCUT2D eigenvalue weighted by Crippen LogP contribution is 2.18. The molecule has 0 bridgehead atoms. The molecule has 15 heavy (non-hydrogen) atoms. The highest BCUT2D eigenvalue weighted by molar-refractivity contribution is 4.96. The van der Waals surface area contributed by atoms with Crippen molar-refractivity contribution >= 4 is 0 Å². The minimum atomic E-state index is 0.664. The van der Waals surface area contributed by atoms with Crippen LogP contribution in [0.25, 0.3) is 0 Å². The monoisotopic (exact) mass is 206 g/mol. The minimum absolute atomic E-state index is 0.664. The Morgan fingerprint density at radius 3 is 3.20 bits per heavy atom. The second-order valence-corrected chi connectivity index (χ2v) is 4.02. The molecule has 0 aliphatic carbocycles. The summed E-state index contributed by atoms with van der Waals surface area (Å²) >= 11 is 0. The van der Waals surface area contributed by atoms with Crippen LogP contribution in [-0.2, 0) is 6.54 Å². The Labute approximate surface area is 90.7 Å². The molecule has 1 atom stereocenters. The summed E-state index contributed by atoms with van der Waals surface area (Å²) in [5.74, 6) is 0. The van der Waals surface area contributed by atoms with E-state index in [2.05, 4.69) is 20.2 Å². The number of hydrogen-bond donors (Lipinski definition) is 1. The first-order chi connectivity index (χ1) is 7.40. The maximum atomic E-state index is 4.31. The van der Waals surface area contributed by atoms with Gasteiger partial charge in [0.1, 0.15) is 0 Å². The number of hydrogen-bond acceptors (Lipinski definition) is 4. The Morgan fingerprint density at radius 1 is 1.53 bits per heavy atom. The highest BCUT2D eigenvalue weighted by atomic mass is 15.2. The van der Waals surface area contributed by atoms with Crippen molar-refractivity contribution in [2.24, 2.45) is 0 Å². The summed E-state index contributed by atoms with van der Waals surface area (Å²) in [4.78, 5) is 10.9. The fourth-order valence-electron chi connectivity index (χ4n) is 2.19. The predicted molar refractivity (Wildman–Crippen MR) is 59.4 cm³/mol. The Bertz CT molecular complexity index is 288. The van der Waals surface area contributed by atoms with Crippen LogP contribution >= 0.6 is 0 Å². The molecule has 4 heteroatoms. The molecule has 1 saturated heterocycles. The molecule has 1 aliphatic heterocycles. The second kappa shape index (κ2) is 5.19. The van der Waals surface area contributed by atoms with Crippen LogP contribution < -0.4 is 5.32 Å². The van der Waals surface area contributed by atoms with Gasteiger partial charge in [0.05, 0.1) is 5.69 Å². The first kappa shape index (κ1) is 10.5. The fraction of sp³-hybridized carbons (Fsp3) is 0.636. The van der Waals surface area contributed by atoms with Crippen LogP contribution in [0.3, 0.4) is 0 Å². The third-order valence-electron chi connectivity index (χ3n) is 2.92. The summed E-state index contributed by atoms with van der Waals surface area (Å²) in [7, 11) is 2.01. The molecular weight excluding hydrogens is 188 g/mol. The zero-order chi connectivity index (χ0) is 10.5. The molecule has 2 rings (SSSR count). The van der Waals surface area contributed by atoms with E-state index >= 15 is 0 Å². The third kappa shape index (κ3) is 2.73. The lowest BCUT2D eigenvalue weighted by molar-refractivity contribution is 0.239. The van der Waals surface area contributed by atoms with E-state index in [-0.39, 0.29) is 0 Å². The minimum Gasteiger partial charge on any atom is -0.318 e. The molecule has 0 radical (unpaired) electrons. The average Bonchev–Trinajstić information content (AvgIpc) is 2.68. The van der Waals surface area contributed by atoms with E-state index in [4.69, 9.17) is 0 Å². The van der Waals surface area contributed by atoms with Gasteiger partial charge in [-0.15, -0.1) is 0 Å². The molecular formula is C11H18N4. The predicted octanol–water partition coefficient (Wildman–Crippen LogP) is 0.660. The molecule has 1 aromatic heterocycles. The number of likely N-dealkylation sites (tertiary alicyclic amines) is 1. The zero-order valence-corrected chi connectivity index (χ0v) is 9.19. The van der Waals surface area contributed by atoms with Gasteiger partial charge in [0.2, 0.25) is 0 Å². The standard InChI is InChI=1S/C11H18N4/c1-12-8-11-3-2-6-15(11)9-10-7-13-4-5-14-10/h4-5,7,11-12H,2-3,6,8-9H2,1H3. The summed E-state index contributed by atoms with van der Waals surface area (Å²) in [6.07, 6.45) is 7.93. The maximum absolute atomic E-state index is 4.31. The van der Waals surface area contributed by atoms with Crippen molar-refractivity contribution in [2.45, 2.75) is 25.4 Å². The molecule has 82 valence electrons. The van der Waals surface area contributed by atoms with Crippen LogP contribution in [0.4, 0.5) is 0 Å². The molecule has 1 aliphatic rings. The number of aromatic nitrogens is 2. The van der Waals surface area contributed by atoms with Crippen LogP contribution in [0.2, 0.25) is 0 Å². The Kier molecular flexibility index (Phi) is 3.64. The number of nitrogens with one attached hydrogen (secondary N) is 1. The highest BCUT2D eigenvalue weighted by Gasteiger charge is 2.23. The van der Waals surface area contributed by atoms with E-state index in [1.165, 1.54) is 19.4 Å². The molecule has 2 heterocycles. The third-order valence-corrected chi connectivity index (χ3v) is 2.92. The molecule has 0 aromatic carbocycles. The van der Waals surface area contributed by atoms with Crippen LogP contribution in [0.1, 0.15) is 18.5 Å². The lowest BCUT2D eigenvalue weighted by atomic mass is 10.2. The van der Waals surface area contributed by atoms with E-state index in [0.29, 0.717) is 6.04 Å². The summed E-state index contributed by atoms with van der Waals surface area (Å²) in [6.45, 7) is 3.18. The van der Waals surface area contributed by atoms with Gasteiger partial charge in [-0.05, 0) is 26.4 Å². The van der Waals surface area contributed by atoms with Gasteiger partial charge in [0.25, 0.3) is 0 Å². The first-order valence-electron chi connectivity index (χ1n) is 5.53. The van der Waals surface area contributed by atoms with E-state index in [9.17, 15) is 0 Å².